The molecule has 8 heteroatoms. The van der Waals surface area contributed by atoms with Crippen molar-refractivity contribution in [2.75, 3.05) is 19.6 Å². The van der Waals surface area contributed by atoms with Gasteiger partial charge >= 0.3 is 0 Å². The fourth-order valence-corrected chi connectivity index (χ4v) is 4.65. The molecule has 0 aliphatic carbocycles. The molecule has 7 nitrogen and oxygen atoms in total. The van der Waals surface area contributed by atoms with Gasteiger partial charge < -0.3 is 14.7 Å². The highest BCUT2D eigenvalue weighted by Crippen LogP contribution is 2.32. The molecule has 1 N–H and O–H groups in total. The van der Waals surface area contributed by atoms with Crippen LogP contribution in [-0.2, 0) is 19.6 Å². The van der Waals surface area contributed by atoms with E-state index in [1.165, 1.54) is 0 Å². The molecular formula is C24H26ClN5O2. The van der Waals surface area contributed by atoms with E-state index in [1.54, 1.807) is 0 Å². The van der Waals surface area contributed by atoms with E-state index >= 15 is 0 Å². The number of aryl methyl sites for hydroxylation is 1. The second-order valence-corrected chi connectivity index (χ2v) is 9.09. The first kappa shape index (κ1) is 21.1. The number of piperazine rings is 1. The van der Waals surface area contributed by atoms with E-state index in [-0.39, 0.29) is 5.91 Å². The second-order valence-electron chi connectivity index (χ2n) is 8.65. The van der Waals surface area contributed by atoms with Crippen molar-refractivity contribution in [3.8, 4) is 11.5 Å². The van der Waals surface area contributed by atoms with Crippen LogP contribution < -0.4 is 5.32 Å². The number of nitrogens with one attached hydrogen (secondary N) is 1. The van der Waals surface area contributed by atoms with Crippen LogP contribution in [-0.4, -0.2) is 51.5 Å². The maximum Gasteiger partial charge on any atom is 0.257 e. The Hall–Kier alpha value is -2.74. The van der Waals surface area contributed by atoms with Crippen LogP contribution in [0.25, 0.3) is 11.5 Å². The van der Waals surface area contributed by atoms with Crippen molar-refractivity contribution >= 4 is 17.5 Å². The zero-order valence-electron chi connectivity index (χ0n) is 18.3. The van der Waals surface area contributed by atoms with Gasteiger partial charge in [0.1, 0.15) is 0 Å². The number of benzene rings is 2. The van der Waals surface area contributed by atoms with Crippen molar-refractivity contribution in [1.82, 2.24) is 25.3 Å². The fourth-order valence-electron chi connectivity index (χ4n) is 4.52. The third kappa shape index (κ3) is 4.16. The molecule has 0 spiro atoms. The summed E-state index contributed by atoms with van der Waals surface area (Å²) in [5.41, 5.74) is 4.61. The van der Waals surface area contributed by atoms with E-state index in [1.807, 2.05) is 48.2 Å². The van der Waals surface area contributed by atoms with Crippen molar-refractivity contribution in [1.29, 1.82) is 0 Å². The maximum absolute atomic E-state index is 13.0. The number of hydrogen-bond donors (Lipinski definition) is 1. The van der Waals surface area contributed by atoms with E-state index in [0.717, 1.165) is 47.5 Å². The van der Waals surface area contributed by atoms with Crippen molar-refractivity contribution in [3.05, 3.63) is 69.5 Å². The molecule has 3 aromatic rings. The third-order valence-electron chi connectivity index (χ3n) is 6.26. The molecule has 2 aromatic carbocycles. The predicted molar refractivity (Wildman–Crippen MR) is 122 cm³/mol. The van der Waals surface area contributed by atoms with Gasteiger partial charge in [-0.1, -0.05) is 28.9 Å². The highest BCUT2D eigenvalue weighted by atomic mass is 35.5. The van der Waals surface area contributed by atoms with Crippen molar-refractivity contribution < 1.29 is 9.32 Å². The molecule has 0 unspecified atom stereocenters. The molecule has 0 saturated carbocycles. The van der Waals surface area contributed by atoms with Crippen LogP contribution >= 0.6 is 11.6 Å². The zero-order valence-corrected chi connectivity index (χ0v) is 19.0. The summed E-state index contributed by atoms with van der Waals surface area (Å²) in [5, 5.41) is 8.28. The van der Waals surface area contributed by atoms with Crippen molar-refractivity contribution in [3.63, 3.8) is 0 Å². The Labute approximate surface area is 192 Å². The lowest BCUT2D eigenvalue weighted by Gasteiger charge is -2.32. The molecule has 32 heavy (non-hydrogen) atoms. The minimum absolute atomic E-state index is 0.0536. The molecule has 0 radical (unpaired) electrons. The Bertz CT molecular complexity index is 1140. The van der Waals surface area contributed by atoms with Crippen LogP contribution in [0.1, 0.15) is 39.8 Å². The van der Waals surface area contributed by atoms with Gasteiger partial charge in [0.05, 0.1) is 6.54 Å². The summed E-state index contributed by atoms with van der Waals surface area (Å²) < 4.78 is 5.59. The Kier molecular flexibility index (Phi) is 5.71. The number of nitrogens with zero attached hydrogens (tertiary/aromatic N) is 4. The van der Waals surface area contributed by atoms with E-state index in [2.05, 4.69) is 27.3 Å². The van der Waals surface area contributed by atoms with E-state index in [4.69, 9.17) is 16.1 Å². The lowest BCUT2D eigenvalue weighted by molar-refractivity contribution is 0.0766. The second kappa shape index (κ2) is 8.65. The molecule has 166 valence electrons. The largest absolute Gasteiger partial charge is 0.334 e. The van der Waals surface area contributed by atoms with Crippen LogP contribution in [0.2, 0.25) is 5.02 Å². The lowest BCUT2D eigenvalue weighted by atomic mass is 10.0. The highest BCUT2D eigenvalue weighted by molar-refractivity contribution is 6.30. The van der Waals surface area contributed by atoms with Gasteiger partial charge in [-0.3, -0.25) is 9.69 Å². The van der Waals surface area contributed by atoms with E-state index in [0.29, 0.717) is 42.4 Å². The van der Waals surface area contributed by atoms with Gasteiger partial charge in [0.2, 0.25) is 0 Å². The summed E-state index contributed by atoms with van der Waals surface area (Å²) in [5.74, 6) is 1.24. The van der Waals surface area contributed by atoms with Crippen LogP contribution in [0.4, 0.5) is 0 Å². The number of hydrogen-bond acceptors (Lipinski definition) is 6. The van der Waals surface area contributed by atoms with Gasteiger partial charge in [0, 0.05) is 54.9 Å². The monoisotopic (exact) mass is 451 g/mol. The van der Waals surface area contributed by atoms with E-state index in [9.17, 15) is 4.79 Å². The van der Waals surface area contributed by atoms with E-state index < -0.39 is 0 Å². The molecule has 1 amide bonds. The van der Waals surface area contributed by atoms with Gasteiger partial charge in [-0.05, 0) is 54.8 Å². The molecule has 3 heterocycles. The predicted octanol–water partition coefficient (Wildman–Crippen LogP) is 3.65. The molecule has 2 aliphatic heterocycles. The molecule has 0 bridgehead atoms. The fraction of sp³-hybridized carbons (Fsp3) is 0.375. The molecule has 1 fully saturated rings. The molecule has 1 saturated heterocycles. The summed E-state index contributed by atoms with van der Waals surface area (Å²) in [7, 11) is 0. The number of carbonyl (C=O) groups is 1. The molecular weight excluding hydrogens is 426 g/mol. The van der Waals surface area contributed by atoms with Crippen LogP contribution in [0.3, 0.4) is 0 Å². The number of carbonyl (C=O) groups excluding carboxylic acids is 1. The lowest BCUT2D eigenvalue weighted by Crippen LogP contribution is -2.49. The number of aromatic nitrogens is 2. The Morgan fingerprint density at radius 1 is 1.22 bits per heavy atom. The van der Waals surface area contributed by atoms with Crippen molar-refractivity contribution in [2.45, 2.75) is 39.5 Å². The summed E-state index contributed by atoms with van der Waals surface area (Å²) in [6.07, 6.45) is 0. The maximum atomic E-state index is 13.0. The average Bonchev–Trinajstić information content (AvgIpc) is 3.36. The summed E-state index contributed by atoms with van der Waals surface area (Å²) >= 11 is 5.98. The van der Waals surface area contributed by atoms with Gasteiger partial charge in [0.15, 0.2) is 5.82 Å². The number of rotatable bonds is 5. The minimum Gasteiger partial charge on any atom is -0.334 e. The quantitative estimate of drug-likeness (QED) is 0.638. The van der Waals surface area contributed by atoms with Crippen LogP contribution in [0, 0.1) is 6.92 Å². The Morgan fingerprint density at radius 3 is 2.81 bits per heavy atom. The summed E-state index contributed by atoms with van der Waals surface area (Å²) in [4.78, 5) is 21.9. The normalized spacial score (nSPS) is 18.9. The average molecular weight is 452 g/mol. The van der Waals surface area contributed by atoms with Gasteiger partial charge in [-0.25, -0.2) is 0 Å². The Balaban J connectivity index is 1.34. The highest BCUT2D eigenvalue weighted by Gasteiger charge is 2.30. The molecule has 1 aromatic heterocycles. The van der Waals surface area contributed by atoms with Crippen molar-refractivity contribution in [2.24, 2.45) is 0 Å². The topological polar surface area (TPSA) is 74.5 Å². The number of amides is 1. The van der Waals surface area contributed by atoms with Crippen LogP contribution in [0.5, 0.6) is 0 Å². The smallest absolute Gasteiger partial charge is 0.257 e. The molecule has 5 rings (SSSR count). The van der Waals surface area contributed by atoms with Gasteiger partial charge in [-0.15, -0.1) is 0 Å². The first-order valence-corrected chi connectivity index (χ1v) is 11.3. The summed E-state index contributed by atoms with van der Waals surface area (Å²) in [6.45, 7) is 8.85. The van der Waals surface area contributed by atoms with Gasteiger partial charge in [-0.2, -0.15) is 4.98 Å². The first-order chi connectivity index (χ1) is 15.5. The standard InChI is InChI=1S/C24H26ClN5O2/c1-15-9-18(23-27-21(28-32-23)14-29-8-7-26-11-16(29)2)10-19-13-30(24(31)22(15)19)12-17-3-5-20(25)6-4-17/h3-6,9-10,16,26H,7-8,11-14H2,1-2H3/t16-/m1/s1. The third-order valence-corrected chi connectivity index (χ3v) is 6.52. The zero-order chi connectivity index (χ0) is 22.2. The minimum atomic E-state index is 0.0536. The number of fused-ring (bicyclic) bond motifs is 1. The van der Waals surface area contributed by atoms with Gasteiger partial charge in [0.25, 0.3) is 11.8 Å². The molecule has 1 atom stereocenters. The Morgan fingerprint density at radius 2 is 2.03 bits per heavy atom. The number of halogens is 1. The SMILES string of the molecule is Cc1cc(-c2nc(CN3CCNC[C@H]3C)no2)cc2c1C(=O)N(Cc1ccc(Cl)cc1)C2. The summed E-state index contributed by atoms with van der Waals surface area (Å²) in [6, 6.07) is 12.0. The first-order valence-electron chi connectivity index (χ1n) is 10.9. The van der Waals surface area contributed by atoms with Crippen LogP contribution in [0.15, 0.2) is 40.9 Å². The molecule has 2 aliphatic rings.